The number of hydrogen-bond donors (Lipinski definition) is 1. The van der Waals surface area contributed by atoms with Gasteiger partial charge in [0.25, 0.3) is 0 Å². The van der Waals surface area contributed by atoms with Crippen molar-refractivity contribution in [1.29, 1.82) is 0 Å². The third-order valence-corrected chi connectivity index (χ3v) is 4.65. The van der Waals surface area contributed by atoms with E-state index in [1.165, 1.54) is 11.3 Å². The number of rotatable bonds is 7. The van der Waals surface area contributed by atoms with Crippen LogP contribution in [0.4, 0.5) is 5.13 Å². The lowest BCUT2D eigenvalue weighted by Crippen LogP contribution is -1.95. The highest BCUT2D eigenvalue weighted by Crippen LogP contribution is 2.26. The average molecular weight is 416 g/mol. The van der Waals surface area contributed by atoms with Crippen molar-refractivity contribution in [3.8, 4) is 17.0 Å². The molecule has 0 bridgehead atoms. The van der Waals surface area contributed by atoms with Gasteiger partial charge in [-0.1, -0.05) is 35.0 Å². The molecule has 0 aliphatic heterocycles. The second-order valence-corrected chi connectivity index (χ2v) is 7.11. The lowest BCUT2D eigenvalue weighted by molar-refractivity contribution is 0.317. The Morgan fingerprint density at radius 3 is 2.64 bits per heavy atom. The minimum Gasteiger partial charge on any atom is -0.494 e. The zero-order chi connectivity index (χ0) is 17.5. The molecule has 0 saturated carbocycles. The number of thiazole rings is 1. The lowest BCUT2D eigenvalue weighted by atomic mass is 10.2. The molecule has 3 rings (SSSR count). The number of hydrogen-bond acceptors (Lipinski definition) is 5. The average Bonchev–Trinajstić information content (AvgIpc) is 3.10. The summed E-state index contributed by atoms with van der Waals surface area (Å²) in [6.07, 6.45) is 2.77. The molecule has 0 saturated heterocycles. The summed E-state index contributed by atoms with van der Waals surface area (Å²) in [5.74, 6) is 0.881. The van der Waals surface area contributed by atoms with Crippen molar-refractivity contribution < 1.29 is 4.74 Å². The molecule has 1 heterocycles. The van der Waals surface area contributed by atoms with Crippen LogP contribution in [0.15, 0.2) is 63.5 Å². The first kappa shape index (κ1) is 17.6. The molecule has 0 aliphatic rings. The topological polar surface area (TPSA) is 46.5 Å². The fourth-order valence-electron chi connectivity index (χ4n) is 2.11. The number of nitrogens with zero attached hydrogens (tertiary/aromatic N) is 2. The van der Waals surface area contributed by atoms with Crippen molar-refractivity contribution in [3.05, 3.63) is 63.9 Å². The van der Waals surface area contributed by atoms with E-state index in [4.69, 9.17) is 4.74 Å². The van der Waals surface area contributed by atoms with Crippen molar-refractivity contribution >= 4 is 38.6 Å². The van der Waals surface area contributed by atoms with Crippen LogP contribution in [-0.2, 0) is 0 Å². The van der Waals surface area contributed by atoms with Gasteiger partial charge in [0, 0.05) is 15.4 Å². The van der Waals surface area contributed by atoms with Gasteiger partial charge in [-0.3, -0.25) is 5.43 Å². The maximum atomic E-state index is 5.56. The molecule has 1 N–H and O–H groups in total. The quantitative estimate of drug-likeness (QED) is 0.391. The van der Waals surface area contributed by atoms with E-state index < -0.39 is 0 Å². The monoisotopic (exact) mass is 415 g/mol. The van der Waals surface area contributed by atoms with E-state index in [1.807, 2.05) is 53.9 Å². The molecule has 0 amide bonds. The standard InChI is InChI=1S/C19H18BrN3OS/c1-2-11-24-17-9-3-14(4-10-17)12-21-23-19-22-18(13-25-19)15-5-7-16(20)8-6-15/h3-10,12-13H,2,11H2,1H3,(H,22,23)/b21-12+. The third kappa shape index (κ3) is 5.14. The van der Waals surface area contributed by atoms with Crippen LogP contribution in [0.5, 0.6) is 5.75 Å². The Morgan fingerprint density at radius 2 is 1.92 bits per heavy atom. The molecular weight excluding hydrogens is 398 g/mol. The zero-order valence-corrected chi connectivity index (χ0v) is 16.2. The highest BCUT2D eigenvalue weighted by Gasteiger charge is 2.03. The lowest BCUT2D eigenvalue weighted by Gasteiger charge is -2.03. The van der Waals surface area contributed by atoms with Gasteiger partial charge in [0.1, 0.15) is 5.75 Å². The molecule has 0 aliphatic carbocycles. The van der Waals surface area contributed by atoms with Crippen LogP contribution in [0.2, 0.25) is 0 Å². The molecule has 3 aromatic rings. The van der Waals surface area contributed by atoms with E-state index in [-0.39, 0.29) is 0 Å². The molecule has 2 aromatic carbocycles. The Bertz CT molecular complexity index is 829. The van der Waals surface area contributed by atoms with Gasteiger partial charge in [-0.25, -0.2) is 4.98 Å². The number of benzene rings is 2. The maximum absolute atomic E-state index is 5.56. The van der Waals surface area contributed by atoms with Crippen molar-refractivity contribution in [2.75, 3.05) is 12.0 Å². The minimum absolute atomic E-state index is 0.736. The highest BCUT2D eigenvalue weighted by molar-refractivity contribution is 9.10. The summed E-state index contributed by atoms with van der Waals surface area (Å²) in [6, 6.07) is 15.9. The first-order valence-corrected chi connectivity index (χ1v) is 9.65. The van der Waals surface area contributed by atoms with E-state index in [2.05, 4.69) is 38.4 Å². The number of anilines is 1. The van der Waals surface area contributed by atoms with Gasteiger partial charge < -0.3 is 4.74 Å². The first-order chi connectivity index (χ1) is 12.2. The predicted octanol–water partition coefficient (Wildman–Crippen LogP) is 5.81. The molecule has 0 spiro atoms. The fraction of sp³-hybridized carbons (Fsp3) is 0.158. The summed E-state index contributed by atoms with van der Waals surface area (Å²) in [4.78, 5) is 4.55. The smallest absolute Gasteiger partial charge is 0.203 e. The van der Waals surface area contributed by atoms with Crippen LogP contribution < -0.4 is 10.2 Å². The van der Waals surface area contributed by atoms with Crippen LogP contribution in [0.1, 0.15) is 18.9 Å². The van der Waals surface area contributed by atoms with Crippen LogP contribution >= 0.6 is 27.3 Å². The van der Waals surface area contributed by atoms with Gasteiger partial charge in [-0.2, -0.15) is 5.10 Å². The second-order valence-electron chi connectivity index (χ2n) is 5.33. The SMILES string of the molecule is CCCOc1ccc(/C=N/Nc2nc(-c3ccc(Br)cc3)cs2)cc1. The molecule has 0 fully saturated rings. The van der Waals surface area contributed by atoms with E-state index in [0.29, 0.717) is 0 Å². The van der Waals surface area contributed by atoms with Crippen molar-refractivity contribution in [1.82, 2.24) is 4.98 Å². The van der Waals surface area contributed by atoms with E-state index in [1.54, 1.807) is 6.21 Å². The van der Waals surface area contributed by atoms with Gasteiger partial charge in [0.15, 0.2) is 0 Å². The fourth-order valence-corrected chi connectivity index (χ4v) is 3.04. The number of ether oxygens (including phenoxy) is 1. The Morgan fingerprint density at radius 1 is 1.16 bits per heavy atom. The Labute approximate surface area is 159 Å². The molecule has 0 unspecified atom stereocenters. The van der Waals surface area contributed by atoms with Gasteiger partial charge in [-0.05, 0) is 48.4 Å². The predicted molar refractivity (Wildman–Crippen MR) is 109 cm³/mol. The molecule has 25 heavy (non-hydrogen) atoms. The highest BCUT2D eigenvalue weighted by atomic mass is 79.9. The zero-order valence-electron chi connectivity index (χ0n) is 13.8. The van der Waals surface area contributed by atoms with Crippen LogP contribution in [-0.4, -0.2) is 17.8 Å². The van der Waals surface area contributed by atoms with Gasteiger partial charge in [0.2, 0.25) is 5.13 Å². The molecule has 4 nitrogen and oxygen atoms in total. The van der Waals surface area contributed by atoms with Crippen LogP contribution in [0.25, 0.3) is 11.3 Å². The first-order valence-electron chi connectivity index (χ1n) is 7.98. The summed E-state index contributed by atoms with van der Waals surface area (Å²) in [5.41, 5.74) is 6.00. The number of nitrogens with one attached hydrogen (secondary N) is 1. The van der Waals surface area contributed by atoms with E-state index in [0.717, 1.165) is 45.2 Å². The summed E-state index contributed by atoms with van der Waals surface area (Å²) in [5, 5.41) is 7.03. The number of halogens is 1. The van der Waals surface area contributed by atoms with Gasteiger partial charge >= 0.3 is 0 Å². The molecule has 128 valence electrons. The summed E-state index contributed by atoms with van der Waals surface area (Å²) < 4.78 is 6.62. The Kier molecular flexibility index (Phi) is 6.19. The third-order valence-electron chi connectivity index (χ3n) is 3.37. The molecule has 1 aromatic heterocycles. The largest absolute Gasteiger partial charge is 0.494 e. The summed E-state index contributed by atoms with van der Waals surface area (Å²) >= 11 is 4.97. The summed E-state index contributed by atoms with van der Waals surface area (Å²) in [6.45, 7) is 2.83. The molecule has 0 atom stereocenters. The van der Waals surface area contributed by atoms with E-state index >= 15 is 0 Å². The van der Waals surface area contributed by atoms with Crippen LogP contribution in [0, 0.1) is 0 Å². The molecule has 0 radical (unpaired) electrons. The van der Waals surface area contributed by atoms with Crippen molar-refractivity contribution in [2.45, 2.75) is 13.3 Å². The Balaban J connectivity index is 1.58. The van der Waals surface area contributed by atoms with Crippen LogP contribution in [0.3, 0.4) is 0 Å². The second kappa shape index (κ2) is 8.78. The minimum atomic E-state index is 0.736. The number of aromatic nitrogens is 1. The molecule has 6 heteroatoms. The van der Waals surface area contributed by atoms with Crippen molar-refractivity contribution in [2.24, 2.45) is 5.10 Å². The van der Waals surface area contributed by atoms with Gasteiger partial charge in [-0.15, -0.1) is 11.3 Å². The normalized spacial score (nSPS) is 11.0. The maximum Gasteiger partial charge on any atom is 0.203 e. The molecular formula is C19H18BrN3OS. The van der Waals surface area contributed by atoms with Gasteiger partial charge in [0.05, 0.1) is 18.5 Å². The van der Waals surface area contributed by atoms with E-state index in [9.17, 15) is 0 Å². The summed E-state index contributed by atoms with van der Waals surface area (Å²) in [7, 11) is 0. The number of hydrazone groups is 1. The van der Waals surface area contributed by atoms with Crippen molar-refractivity contribution in [3.63, 3.8) is 0 Å². The Hall–Kier alpha value is -2.18.